The van der Waals surface area contributed by atoms with Crippen LogP contribution in [0.5, 0.6) is 5.75 Å². The molecule has 0 saturated carbocycles. The first kappa shape index (κ1) is 11.1. The normalized spacial score (nSPS) is 12.7. The molecule has 0 bridgehead atoms. The standard InChI is InChI=1S/C12H19NO/c1-2-3-11(13)7-4-10-5-8-12(14)9-6-10/h5-6,8-9,11,14H,2-4,7,13H2,1H3. The maximum absolute atomic E-state index is 9.09. The van der Waals surface area contributed by atoms with Crippen molar-refractivity contribution in [2.24, 2.45) is 5.73 Å². The van der Waals surface area contributed by atoms with Crippen molar-refractivity contribution in [2.75, 3.05) is 0 Å². The van der Waals surface area contributed by atoms with E-state index >= 15 is 0 Å². The quantitative estimate of drug-likeness (QED) is 0.754. The fourth-order valence-corrected chi connectivity index (χ4v) is 1.53. The van der Waals surface area contributed by atoms with Gasteiger partial charge in [-0.1, -0.05) is 25.5 Å². The maximum atomic E-state index is 9.09. The van der Waals surface area contributed by atoms with Gasteiger partial charge in [-0.2, -0.15) is 0 Å². The number of aryl methyl sites for hydroxylation is 1. The van der Waals surface area contributed by atoms with Gasteiger partial charge in [0.2, 0.25) is 0 Å². The second-order valence-electron chi connectivity index (χ2n) is 3.75. The molecule has 1 atom stereocenters. The van der Waals surface area contributed by atoms with Gasteiger partial charge in [-0.05, 0) is 37.0 Å². The fourth-order valence-electron chi connectivity index (χ4n) is 1.53. The van der Waals surface area contributed by atoms with Crippen LogP contribution in [0.3, 0.4) is 0 Å². The van der Waals surface area contributed by atoms with Crippen LogP contribution in [0.1, 0.15) is 31.7 Å². The molecule has 0 spiro atoms. The van der Waals surface area contributed by atoms with Crippen molar-refractivity contribution in [1.29, 1.82) is 0 Å². The molecule has 0 aliphatic rings. The number of hydrogen-bond acceptors (Lipinski definition) is 2. The maximum Gasteiger partial charge on any atom is 0.115 e. The van der Waals surface area contributed by atoms with Gasteiger partial charge in [0.25, 0.3) is 0 Å². The van der Waals surface area contributed by atoms with Crippen LogP contribution in [0, 0.1) is 0 Å². The largest absolute Gasteiger partial charge is 0.508 e. The second-order valence-corrected chi connectivity index (χ2v) is 3.75. The van der Waals surface area contributed by atoms with Crippen LogP contribution in [0.15, 0.2) is 24.3 Å². The molecule has 1 aromatic rings. The van der Waals surface area contributed by atoms with E-state index in [2.05, 4.69) is 6.92 Å². The lowest BCUT2D eigenvalue weighted by atomic mass is 10.0. The summed E-state index contributed by atoms with van der Waals surface area (Å²) in [6, 6.07) is 7.66. The van der Waals surface area contributed by atoms with E-state index < -0.39 is 0 Å². The first-order valence-corrected chi connectivity index (χ1v) is 5.26. The number of nitrogens with two attached hydrogens (primary N) is 1. The molecule has 2 nitrogen and oxygen atoms in total. The van der Waals surface area contributed by atoms with Gasteiger partial charge in [0.15, 0.2) is 0 Å². The van der Waals surface area contributed by atoms with E-state index in [0.717, 1.165) is 25.7 Å². The molecule has 1 unspecified atom stereocenters. The zero-order valence-corrected chi connectivity index (χ0v) is 8.74. The minimum absolute atomic E-state index is 0.314. The zero-order valence-electron chi connectivity index (χ0n) is 8.74. The van der Waals surface area contributed by atoms with Crippen molar-refractivity contribution in [2.45, 2.75) is 38.6 Å². The zero-order chi connectivity index (χ0) is 10.4. The van der Waals surface area contributed by atoms with Crippen molar-refractivity contribution in [3.05, 3.63) is 29.8 Å². The highest BCUT2D eigenvalue weighted by molar-refractivity contribution is 5.25. The Labute approximate surface area is 85.8 Å². The van der Waals surface area contributed by atoms with Crippen molar-refractivity contribution < 1.29 is 5.11 Å². The molecule has 2 heteroatoms. The molecule has 0 amide bonds. The third-order valence-corrected chi connectivity index (χ3v) is 2.40. The summed E-state index contributed by atoms with van der Waals surface area (Å²) in [6.45, 7) is 2.15. The number of phenols is 1. The molecule has 3 N–H and O–H groups in total. The summed E-state index contributed by atoms with van der Waals surface area (Å²) >= 11 is 0. The van der Waals surface area contributed by atoms with Gasteiger partial charge in [-0.25, -0.2) is 0 Å². The smallest absolute Gasteiger partial charge is 0.115 e. The predicted molar refractivity (Wildman–Crippen MR) is 59.3 cm³/mol. The van der Waals surface area contributed by atoms with Crippen LogP contribution in [0.2, 0.25) is 0 Å². The van der Waals surface area contributed by atoms with Gasteiger partial charge in [0.1, 0.15) is 5.75 Å². The van der Waals surface area contributed by atoms with Crippen molar-refractivity contribution in [1.82, 2.24) is 0 Å². The minimum atomic E-state index is 0.314. The molecule has 0 radical (unpaired) electrons. The molecule has 0 saturated heterocycles. The Balaban J connectivity index is 2.34. The van der Waals surface area contributed by atoms with Gasteiger partial charge < -0.3 is 10.8 Å². The molecular weight excluding hydrogens is 174 g/mol. The molecule has 0 heterocycles. The van der Waals surface area contributed by atoms with E-state index in [1.807, 2.05) is 12.1 Å². The molecular formula is C12H19NO. The van der Waals surface area contributed by atoms with Gasteiger partial charge >= 0.3 is 0 Å². The van der Waals surface area contributed by atoms with Crippen molar-refractivity contribution >= 4 is 0 Å². The highest BCUT2D eigenvalue weighted by atomic mass is 16.3. The van der Waals surface area contributed by atoms with Crippen LogP contribution in [0.25, 0.3) is 0 Å². The Morgan fingerprint density at radius 2 is 1.86 bits per heavy atom. The van der Waals surface area contributed by atoms with E-state index in [-0.39, 0.29) is 0 Å². The molecule has 0 aliphatic carbocycles. The monoisotopic (exact) mass is 193 g/mol. The lowest BCUT2D eigenvalue weighted by Crippen LogP contribution is -2.20. The predicted octanol–water partition coefficient (Wildman–Crippen LogP) is 2.45. The molecule has 0 fully saturated rings. The first-order chi connectivity index (χ1) is 6.72. The summed E-state index contributed by atoms with van der Waals surface area (Å²) in [4.78, 5) is 0. The van der Waals surface area contributed by atoms with Crippen molar-refractivity contribution in [3.8, 4) is 5.75 Å². The first-order valence-electron chi connectivity index (χ1n) is 5.26. The summed E-state index contributed by atoms with van der Waals surface area (Å²) in [7, 11) is 0. The van der Waals surface area contributed by atoms with Crippen LogP contribution in [-0.2, 0) is 6.42 Å². The number of hydrogen-bond donors (Lipinski definition) is 2. The van der Waals surface area contributed by atoms with Crippen molar-refractivity contribution in [3.63, 3.8) is 0 Å². The Morgan fingerprint density at radius 3 is 2.43 bits per heavy atom. The summed E-state index contributed by atoms with van der Waals surface area (Å²) in [6.07, 6.45) is 4.27. The molecule has 1 rings (SSSR count). The molecule has 1 aromatic carbocycles. The fraction of sp³-hybridized carbons (Fsp3) is 0.500. The van der Waals surface area contributed by atoms with Crippen LogP contribution in [0.4, 0.5) is 0 Å². The second kappa shape index (κ2) is 5.66. The van der Waals surface area contributed by atoms with Crippen LogP contribution < -0.4 is 5.73 Å². The lowest BCUT2D eigenvalue weighted by molar-refractivity contribution is 0.475. The van der Waals surface area contributed by atoms with E-state index in [4.69, 9.17) is 10.8 Å². The SMILES string of the molecule is CCCC(N)CCc1ccc(O)cc1. The van der Waals surface area contributed by atoms with E-state index in [0.29, 0.717) is 11.8 Å². The number of aromatic hydroxyl groups is 1. The summed E-state index contributed by atoms with van der Waals surface area (Å²) < 4.78 is 0. The van der Waals surface area contributed by atoms with Gasteiger partial charge in [-0.15, -0.1) is 0 Å². The van der Waals surface area contributed by atoms with Crippen LogP contribution >= 0.6 is 0 Å². The van der Waals surface area contributed by atoms with Gasteiger partial charge in [0.05, 0.1) is 0 Å². The van der Waals surface area contributed by atoms with E-state index in [9.17, 15) is 0 Å². The summed E-state index contributed by atoms with van der Waals surface area (Å²) in [5.74, 6) is 0.326. The van der Waals surface area contributed by atoms with Crippen LogP contribution in [-0.4, -0.2) is 11.1 Å². The number of benzene rings is 1. The topological polar surface area (TPSA) is 46.2 Å². The average molecular weight is 193 g/mol. The Kier molecular flexibility index (Phi) is 4.47. The van der Waals surface area contributed by atoms with Gasteiger partial charge in [0, 0.05) is 6.04 Å². The van der Waals surface area contributed by atoms with E-state index in [1.54, 1.807) is 12.1 Å². The number of rotatable bonds is 5. The summed E-state index contributed by atoms with van der Waals surface area (Å²) in [5, 5.41) is 9.09. The Bertz CT molecular complexity index is 256. The number of phenolic OH excluding ortho intramolecular Hbond substituents is 1. The third-order valence-electron chi connectivity index (χ3n) is 2.40. The molecule has 0 aliphatic heterocycles. The third kappa shape index (κ3) is 3.79. The Morgan fingerprint density at radius 1 is 1.21 bits per heavy atom. The minimum Gasteiger partial charge on any atom is -0.508 e. The Hall–Kier alpha value is -1.02. The highest BCUT2D eigenvalue weighted by Gasteiger charge is 2.01. The molecule has 0 aromatic heterocycles. The average Bonchev–Trinajstić information content (AvgIpc) is 2.17. The molecule has 78 valence electrons. The molecule has 14 heavy (non-hydrogen) atoms. The van der Waals surface area contributed by atoms with Gasteiger partial charge in [-0.3, -0.25) is 0 Å². The lowest BCUT2D eigenvalue weighted by Gasteiger charge is -2.09. The highest BCUT2D eigenvalue weighted by Crippen LogP contribution is 2.12. The van der Waals surface area contributed by atoms with E-state index in [1.165, 1.54) is 5.56 Å². The summed E-state index contributed by atoms with van der Waals surface area (Å²) in [5.41, 5.74) is 7.16.